The molecule has 4 atom stereocenters. The minimum Gasteiger partial charge on any atom is -0.426 e. The second kappa shape index (κ2) is 5.93. The Morgan fingerprint density at radius 1 is 1.47 bits per heavy atom. The Morgan fingerprint density at radius 3 is 2.84 bits per heavy atom. The number of hydrogen-bond donors (Lipinski definition) is 4. The lowest BCUT2D eigenvalue weighted by molar-refractivity contribution is -0.150. The predicted molar refractivity (Wildman–Crippen MR) is 55.4 cm³/mol. The zero-order valence-corrected chi connectivity index (χ0v) is 9.67. The van der Waals surface area contributed by atoms with E-state index in [0.717, 1.165) is 0 Å². The molecule has 1 saturated heterocycles. The summed E-state index contributed by atoms with van der Waals surface area (Å²) in [6.07, 6.45) is -5.05. The fourth-order valence-electron chi connectivity index (χ4n) is 1.52. The molecule has 0 aliphatic carbocycles. The van der Waals surface area contributed by atoms with Crippen LogP contribution in [-0.2, 0) is 20.8 Å². The summed E-state index contributed by atoms with van der Waals surface area (Å²) >= 11 is 0. The smallest absolute Gasteiger partial charge is 0.426 e. The lowest BCUT2D eigenvalue weighted by Gasteiger charge is -2.14. The Bertz CT molecular complexity index is 412. The van der Waals surface area contributed by atoms with E-state index in [9.17, 15) is 15.0 Å². The summed E-state index contributed by atoms with van der Waals surface area (Å²) in [5.74, 6) is 0.318. The van der Waals surface area contributed by atoms with E-state index < -0.39 is 37.4 Å². The molecule has 2 heterocycles. The number of carbonyl (C=O) groups excluding carboxylic acids is 1. The molecule has 0 amide bonds. The lowest BCUT2D eigenvalue weighted by atomic mass is 10.1. The van der Waals surface area contributed by atoms with Gasteiger partial charge in [-0.05, 0) is 0 Å². The molecular formula is C9H13N3O7. The number of aromatic amines is 1. The standard InChI is InChI=1S/C9H13N3O7/c13-1-4-6(14)7(15)8(18-4)19-9(16)17-2-5-10-3-11-12-5/h3-4,6-8,13-15H,1-2H2,(H,10,11,12). The Kier molecular flexibility index (Phi) is 4.27. The first-order valence-electron chi connectivity index (χ1n) is 5.42. The molecule has 106 valence electrons. The molecule has 0 spiro atoms. The van der Waals surface area contributed by atoms with E-state index in [-0.39, 0.29) is 6.61 Å². The molecule has 0 saturated carbocycles. The van der Waals surface area contributed by atoms with Crippen molar-refractivity contribution in [2.24, 2.45) is 0 Å². The molecule has 0 bridgehead atoms. The van der Waals surface area contributed by atoms with Crippen LogP contribution >= 0.6 is 0 Å². The maximum Gasteiger partial charge on any atom is 0.511 e. The van der Waals surface area contributed by atoms with Crippen molar-refractivity contribution in [3.63, 3.8) is 0 Å². The lowest BCUT2D eigenvalue weighted by Crippen LogP contribution is -2.35. The largest absolute Gasteiger partial charge is 0.511 e. The van der Waals surface area contributed by atoms with Crippen LogP contribution in [0, 0.1) is 0 Å². The number of nitrogens with one attached hydrogen (secondary N) is 1. The fraction of sp³-hybridized carbons (Fsp3) is 0.667. The van der Waals surface area contributed by atoms with Crippen LogP contribution in [0.15, 0.2) is 6.33 Å². The van der Waals surface area contributed by atoms with Gasteiger partial charge in [0.15, 0.2) is 12.4 Å². The number of aromatic nitrogens is 3. The number of aliphatic hydroxyl groups is 3. The van der Waals surface area contributed by atoms with Crippen LogP contribution in [0.1, 0.15) is 5.82 Å². The molecule has 4 unspecified atom stereocenters. The number of ether oxygens (including phenoxy) is 3. The van der Waals surface area contributed by atoms with Crippen molar-refractivity contribution in [2.45, 2.75) is 31.2 Å². The summed E-state index contributed by atoms with van der Waals surface area (Å²) in [7, 11) is 0. The van der Waals surface area contributed by atoms with Crippen LogP contribution in [0.2, 0.25) is 0 Å². The molecule has 0 aromatic carbocycles. The summed E-state index contributed by atoms with van der Waals surface area (Å²) in [6, 6.07) is 0. The predicted octanol–water partition coefficient (Wildman–Crippen LogP) is -2.10. The molecule has 1 aliphatic heterocycles. The molecule has 19 heavy (non-hydrogen) atoms. The average molecular weight is 275 g/mol. The van der Waals surface area contributed by atoms with Crippen molar-refractivity contribution in [3.8, 4) is 0 Å². The fourth-order valence-corrected chi connectivity index (χ4v) is 1.52. The van der Waals surface area contributed by atoms with Crippen molar-refractivity contribution in [2.75, 3.05) is 6.61 Å². The van der Waals surface area contributed by atoms with Gasteiger partial charge in [0.2, 0.25) is 6.29 Å². The third-order valence-corrected chi connectivity index (χ3v) is 2.50. The third kappa shape index (κ3) is 3.17. The molecule has 1 aromatic heterocycles. The quantitative estimate of drug-likeness (QED) is 0.453. The molecule has 1 aliphatic rings. The number of nitrogens with zero attached hydrogens (tertiary/aromatic N) is 2. The van der Waals surface area contributed by atoms with E-state index in [0.29, 0.717) is 5.82 Å². The summed E-state index contributed by atoms with van der Waals surface area (Å²) < 4.78 is 14.3. The highest BCUT2D eigenvalue weighted by Gasteiger charge is 2.44. The van der Waals surface area contributed by atoms with Gasteiger partial charge >= 0.3 is 6.16 Å². The molecule has 0 radical (unpaired) electrons. The summed E-state index contributed by atoms with van der Waals surface area (Å²) in [4.78, 5) is 15.0. The van der Waals surface area contributed by atoms with E-state index in [1.54, 1.807) is 0 Å². The molecule has 1 fully saturated rings. The van der Waals surface area contributed by atoms with E-state index in [1.807, 2.05) is 0 Å². The first-order chi connectivity index (χ1) is 9.11. The zero-order chi connectivity index (χ0) is 13.8. The van der Waals surface area contributed by atoms with Crippen molar-refractivity contribution >= 4 is 6.16 Å². The highest BCUT2D eigenvalue weighted by Crippen LogP contribution is 2.22. The maximum atomic E-state index is 11.3. The number of aliphatic hydroxyl groups excluding tert-OH is 3. The van der Waals surface area contributed by atoms with Gasteiger partial charge in [0.1, 0.15) is 24.6 Å². The SMILES string of the molecule is O=C(OCc1ncn[nH]1)OC1OC(CO)C(O)C1O. The van der Waals surface area contributed by atoms with Gasteiger partial charge in [-0.3, -0.25) is 5.10 Å². The van der Waals surface area contributed by atoms with Gasteiger partial charge in [-0.25, -0.2) is 9.78 Å². The number of carbonyl (C=O) groups is 1. The van der Waals surface area contributed by atoms with Crippen molar-refractivity contribution in [1.29, 1.82) is 0 Å². The first-order valence-corrected chi connectivity index (χ1v) is 5.42. The zero-order valence-electron chi connectivity index (χ0n) is 9.67. The minimum atomic E-state index is -1.45. The van der Waals surface area contributed by atoms with E-state index in [2.05, 4.69) is 24.7 Å². The Balaban J connectivity index is 1.79. The third-order valence-electron chi connectivity index (χ3n) is 2.50. The van der Waals surface area contributed by atoms with Crippen LogP contribution < -0.4 is 0 Å². The van der Waals surface area contributed by atoms with Crippen molar-refractivity contribution in [1.82, 2.24) is 15.2 Å². The molecule has 4 N–H and O–H groups in total. The Labute approximate surface area is 106 Å². The van der Waals surface area contributed by atoms with Crippen molar-refractivity contribution in [3.05, 3.63) is 12.2 Å². The van der Waals surface area contributed by atoms with Gasteiger partial charge in [-0.2, -0.15) is 5.10 Å². The number of H-pyrrole nitrogens is 1. The van der Waals surface area contributed by atoms with Crippen molar-refractivity contribution < 1.29 is 34.3 Å². The topological polar surface area (TPSA) is 147 Å². The number of rotatable bonds is 4. The molecular weight excluding hydrogens is 262 g/mol. The van der Waals surface area contributed by atoms with E-state index in [4.69, 9.17) is 9.84 Å². The average Bonchev–Trinajstić information content (AvgIpc) is 3.00. The van der Waals surface area contributed by atoms with Crippen LogP contribution in [0.4, 0.5) is 4.79 Å². The van der Waals surface area contributed by atoms with Crippen LogP contribution in [0.5, 0.6) is 0 Å². The second-order valence-electron chi connectivity index (χ2n) is 3.80. The normalized spacial score (nSPS) is 30.3. The van der Waals surface area contributed by atoms with Crippen LogP contribution in [-0.4, -0.2) is 67.9 Å². The van der Waals surface area contributed by atoms with Gasteiger partial charge < -0.3 is 29.5 Å². The highest BCUT2D eigenvalue weighted by molar-refractivity contribution is 5.60. The Morgan fingerprint density at radius 2 is 2.26 bits per heavy atom. The van der Waals surface area contributed by atoms with Gasteiger partial charge in [0.25, 0.3) is 0 Å². The van der Waals surface area contributed by atoms with Crippen LogP contribution in [0.25, 0.3) is 0 Å². The monoisotopic (exact) mass is 275 g/mol. The van der Waals surface area contributed by atoms with Gasteiger partial charge in [-0.15, -0.1) is 0 Å². The second-order valence-corrected chi connectivity index (χ2v) is 3.80. The molecule has 1 aromatic rings. The van der Waals surface area contributed by atoms with Gasteiger partial charge in [0.05, 0.1) is 6.61 Å². The van der Waals surface area contributed by atoms with Gasteiger partial charge in [-0.1, -0.05) is 0 Å². The summed E-state index contributed by atoms with van der Waals surface area (Å²) in [5.41, 5.74) is 0. The van der Waals surface area contributed by atoms with E-state index in [1.165, 1.54) is 6.33 Å². The minimum absolute atomic E-state index is 0.187. The maximum absolute atomic E-state index is 11.3. The molecule has 2 rings (SSSR count). The van der Waals surface area contributed by atoms with Crippen LogP contribution in [0.3, 0.4) is 0 Å². The Hall–Kier alpha value is -1.75. The first kappa shape index (κ1) is 13.7. The molecule has 10 nitrogen and oxygen atoms in total. The highest BCUT2D eigenvalue weighted by atomic mass is 16.8. The summed E-state index contributed by atoms with van der Waals surface area (Å²) in [6.45, 7) is -0.696. The van der Waals surface area contributed by atoms with E-state index >= 15 is 0 Å². The van der Waals surface area contributed by atoms with Gasteiger partial charge in [0, 0.05) is 0 Å². The summed E-state index contributed by atoms with van der Waals surface area (Å²) in [5, 5.41) is 33.8. The molecule has 10 heteroatoms. The number of hydrogen-bond acceptors (Lipinski definition) is 9.